The molecule has 1 amide bonds. The van der Waals surface area contributed by atoms with Crippen LogP contribution in [0.15, 0.2) is 47.4 Å². The SMILES string of the molecule is COc1ccc(N2C(=O)C(=Cc3ccc(O)c(OC)c3)SC2=S)cc1. The van der Waals surface area contributed by atoms with Crippen LogP contribution < -0.4 is 14.4 Å². The third-order valence-corrected chi connectivity index (χ3v) is 4.93. The summed E-state index contributed by atoms with van der Waals surface area (Å²) in [5.74, 6) is 0.915. The minimum atomic E-state index is -0.188. The number of hydrogen-bond acceptors (Lipinski definition) is 6. The van der Waals surface area contributed by atoms with E-state index in [1.54, 1.807) is 49.6 Å². The molecule has 1 aliphatic heterocycles. The number of thioether (sulfide) groups is 1. The lowest BCUT2D eigenvalue weighted by atomic mass is 10.2. The molecule has 1 heterocycles. The van der Waals surface area contributed by atoms with Crippen molar-refractivity contribution in [2.24, 2.45) is 0 Å². The van der Waals surface area contributed by atoms with Crippen LogP contribution in [-0.2, 0) is 4.79 Å². The van der Waals surface area contributed by atoms with Crippen molar-refractivity contribution in [3.8, 4) is 17.2 Å². The van der Waals surface area contributed by atoms with E-state index in [2.05, 4.69) is 0 Å². The Morgan fingerprint density at radius 2 is 1.84 bits per heavy atom. The molecule has 25 heavy (non-hydrogen) atoms. The zero-order chi connectivity index (χ0) is 18.0. The van der Waals surface area contributed by atoms with E-state index in [1.165, 1.54) is 29.8 Å². The summed E-state index contributed by atoms with van der Waals surface area (Å²) in [6.07, 6.45) is 1.73. The molecule has 2 aromatic carbocycles. The predicted octanol–water partition coefficient (Wildman–Crippen LogP) is 3.82. The highest BCUT2D eigenvalue weighted by atomic mass is 32.2. The summed E-state index contributed by atoms with van der Waals surface area (Å²) >= 11 is 6.59. The third kappa shape index (κ3) is 3.47. The summed E-state index contributed by atoms with van der Waals surface area (Å²) in [5, 5.41) is 9.67. The molecular weight excluding hydrogens is 358 g/mol. The van der Waals surface area contributed by atoms with Gasteiger partial charge < -0.3 is 14.6 Å². The molecule has 0 bridgehead atoms. The number of anilines is 1. The molecule has 0 unspecified atom stereocenters. The summed E-state index contributed by atoms with van der Waals surface area (Å²) in [4.78, 5) is 14.7. The van der Waals surface area contributed by atoms with Crippen molar-refractivity contribution in [2.75, 3.05) is 19.1 Å². The smallest absolute Gasteiger partial charge is 0.270 e. The van der Waals surface area contributed by atoms with Crippen molar-refractivity contribution in [1.82, 2.24) is 0 Å². The maximum Gasteiger partial charge on any atom is 0.270 e. The third-order valence-electron chi connectivity index (χ3n) is 3.63. The van der Waals surface area contributed by atoms with E-state index in [9.17, 15) is 9.90 Å². The number of aromatic hydroxyl groups is 1. The lowest BCUT2D eigenvalue weighted by molar-refractivity contribution is -0.113. The van der Waals surface area contributed by atoms with Gasteiger partial charge in [-0.15, -0.1) is 0 Å². The number of methoxy groups -OCH3 is 2. The molecule has 0 spiro atoms. The second-order valence-corrected chi connectivity index (χ2v) is 6.82. The van der Waals surface area contributed by atoms with Crippen LogP contribution in [0.5, 0.6) is 17.2 Å². The average molecular weight is 373 g/mol. The van der Waals surface area contributed by atoms with Crippen LogP contribution in [0.1, 0.15) is 5.56 Å². The van der Waals surface area contributed by atoms with Crippen LogP contribution in [0.2, 0.25) is 0 Å². The molecule has 128 valence electrons. The highest BCUT2D eigenvalue weighted by Gasteiger charge is 2.33. The summed E-state index contributed by atoms with van der Waals surface area (Å²) < 4.78 is 10.7. The zero-order valence-electron chi connectivity index (χ0n) is 13.6. The number of hydrogen-bond donors (Lipinski definition) is 1. The van der Waals surface area contributed by atoms with Crippen molar-refractivity contribution >= 4 is 46.0 Å². The maximum atomic E-state index is 12.7. The van der Waals surface area contributed by atoms with Gasteiger partial charge in [-0.25, -0.2) is 0 Å². The minimum absolute atomic E-state index is 0.0467. The number of amides is 1. The number of rotatable bonds is 4. The summed E-state index contributed by atoms with van der Waals surface area (Å²) in [6.45, 7) is 0. The molecule has 5 nitrogen and oxygen atoms in total. The Kier molecular flexibility index (Phi) is 4.96. The van der Waals surface area contributed by atoms with Gasteiger partial charge in [-0.1, -0.05) is 30.0 Å². The van der Waals surface area contributed by atoms with Crippen LogP contribution in [0.4, 0.5) is 5.69 Å². The van der Waals surface area contributed by atoms with Crippen LogP contribution in [-0.4, -0.2) is 29.6 Å². The predicted molar refractivity (Wildman–Crippen MR) is 103 cm³/mol. The molecule has 1 N–H and O–H groups in total. The normalized spacial score (nSPS) is 15.8. The number of carbonyl (C=O) groups is 1. The highest BCUT2D eigenvalue weighted by Crippen LogP contribution is 2.37. The standard InChI is InChI=1S/C18H15NO4S2/c1-22-13-6-4-12(5-7-13)19-17(21)16(25-18(19)24)10-11-3-8-14(20)15(9-11)23-2/h3-10,20H,1-2H3. The van der Waals surface area contributed by atoms with E-state index in [1.807, 2.05) is 0 Å². The van der Waals surface area contributed by atoms with E-state index >= 15 is 0 Å². The number of thiocarbonyl (C=S) groups is 1. The summed E-state index contributed by atoms with van der Waals surface area (Å²) in [7, 11) is 3.06. The summed E-state index contributed by atoms with van der Waals surface area (Å²) in [6, 6.07) is 12.0. The van der Waals surface area contributed by atoms with Crippen LogP contribution in [0.25, 0.3) is 6.08 Å². The van der Waals surface area contributed by atoms with Gasteiger partial charge in [0.2, 0.25) is 0 Å². The van der Waals surface area contributed by atoms with Crippen LogP contribution >= 0.6 is 24.0 Å². The van der Waals surface area contributed by atoms with Crippen molar-refractivity contribution in [3.05, 3.63) is 52.9 Å². The number of phenols is 1. The molecule has 1 fully saturated rings. The van der Waals surface area contributed by atoms with Gasteiger partial charge in [-0.2, -0.15) is 0 Å². The Balaban J connectivity index is 1.90. The van der Waals surface area contributed by atoms with Gasteiger partial charge in [-0.05, 0) is 48.0 Å². The van der Waals surface area contributed by atoms with Gasteiger partial charge in [-0.3, -0.25) is 9.69 Å². The monoisotopic (exact) mass is 373 g/mol. The average Bonchev–Trinajstić information content (AvgIpc) is 2.90. The Labute approximate surface area is 154 Å². The highest BCUT2D eigenvalue weighted by molar-refractivity contribution is 8.27. The topological polar surface area (TPSA) is 59.0 Å². The molecule has 2 aromatic rings. The molecule has 0 aromatic heterocycles. The lowest BCUT2D eigenvalue weighted by Gasteiger charge is -2.14. The number of nitrogens with zero attached hydrogens (tertiary/aromatic N) is 1. The van der Waals surface area contributed by atoms with Gasteiger partial charge in [0.25, 0.3) is 5.91 Å². The number of benzene rings is 2. The summed E-state index contributed by atoms with van der Waals surface area (Å²) in [5.41, 5.74) is 1.43. The van der Waals surface area contributed by atoms with Gasteiger partial charge in [0.1, 0.15) is 5.75 Å². The van der Waals surface area contributed by atoms with Crippen molar-refractivity contribution in [2.45, 2.75) is 0 Å². The van der Waals surface area contributed by atoms with E-state index in [0.717, 1.165) is 5.56 Å². The molecular formula is C18H15NO4S2. The molecule has 0 radical (unpaired) electrons. The fourth-order valence-corrected chi connectivity index (χ4v) is 3.66. The first-order valence-corrected chi connectivity index (χ1v) is 8.55. The van der Waals surface area contributed by atoms with Crippen molar-refractivity contribution in [1.29, 1.82) is 0 Å². The molecule has 0 atom stereocenters. The maximum absolute atomic E-state index is 12.7. The lowest BCUT2D eigenvalue weighted by Crippen LogP contribution is -2.27. The molecule has 0 saturated carbocycles. The zero-order valence-corrected chi connectivity index (χ0v) is 15.2. The molecule has 1 saturated heterocycles. The quantitative estimate of drug-likeness (QED) is 0.650. The number of ether oxygens (including phenoxy) is 2. The second-order valence-electron chi connectivity index (χ2n) is 5.15. The van der Waals surface area contributed by atoms with Gasteiger partial charge in [0.05, 0.1) is 24.8 Å². The second kappa shape index (κ2) is 7.16. The van der Waals surface area contributed by atoms with Crippen LogP contribution in [0.3, 0.4) is 0 Å². The van der Waals surface area contributed by atoms with Gasteiger partial charge in [0, 0.05) is 0 Å². The Hall–Kier alpha value is -2.51. The van der Waals surface area contributed by atoms with E-state index in [4.69, 9.17) is 21.7 Å². The Morgan fingerprint density at radius 1 is 1.12 bits per heavy atom. The van der Waals surface area contributed by atoms with Gasteiger partial charge >= 0.3 is 0 Å². The first-order chi connectivity index (χ1) is 12.0. The van der Waals surface area contributed by atoms with E-state index in [-0.39, 0.29) is 11.7 Å². The van der Waals surface area contributed by atoms with Crippen LogP contribution in [0, 0.1) is 0 Å². The van der Waals surface area contributed by atoms with Gasteiger partial charge in [0.15, 0.2) is 15.8 Å². The van der Waals surface area contributed by atoms with Crippen molar-refractivity contribution < 1.29 is 19.4 Å². The minimum Gasteiger partial charge on any atom is -0.504 e. The molecule has 1 aliphatic rings. The first kappa shape index (κ1) is 17.3. The molecule has 0 aliphatic carbocycles. The fourth-order valence-electron chi connectivity index (χ4n) is 2.36. The Morgan fingerprint density at radius 3 is 2.48 bits per heavy atom. The number of carbonyl (C=O) groups excluding carboxylic acids is 1. The largest absolute Gasteiger partial charge is 0.504 e. The Bertz CT molecular complexity index is 862. The molecule has 3 rings (SSSR count). The fraction of sp³-hybridized carbons (Fsp3) is 0.111. The first-order valence-electron chi connectivity index (χ1n) is 7.32. The van der Waals surface area contributed by atoms with E-state index < -0.39 is 0 Å². The molecule has 7 heteroatoms. The van der Waals surface area contributed by atoms with Crippen molar-refractivity contribution in [3.63, 3.8) is 0 Å². The number of phenolic OH excluding ortho intramolecular Hbond substituents is 1. The van der Waals surface area contributed by atoms with E-state index in [0.29, 0.717) is 26.4 Å².